The maximum Gasteiger partial charge on any atom is 0.326 e. The molecule has 8 atom stereocenters. The van der Waals surface area contributed by atoms with Crippen LogP contribution in [-0.2, 0) is 43.2 Å². The normalized spacial score (nSPS) is 15.1. The number of carbonyl (C=O) groups excluding carboxylic acids is 7. The lowest BCUT2D eigenvalue weighted by molar-refractivity contribution is -0.142. The van der Waals surface area contributed by atoms with Gasteiger partial charge in [-0.1, -0.05) is 13.8 Å². The van der Waals surface area contributed by atoms with Crippen molar-refractivity contribution in [2.75, 3.05) is 19.7 Å². The molecular formula is C34H62N12O13. The summed E-state index contributed by atoms with van der Waals surface area (Å²) in [5.74, 6) is -10.7. The number of aliphatic carboxylic acids is 2. The van der Waals surface area contributed by atoms with Crippen LogP contribution in [0.3, 0.4) is 0 Å². The molecule has 0 bridgehead atoms. The standard InChI is InChI=1S/C34H62N12O13/c1-16(2)13-21(29(54)41-18(7-4-5-11-35)27(52)43-20(33(58)59)8-6-12-40-34(38)39)44-30(55)22(14-25(50)51)45-28(53)19(9-10-24(36)49)42-31(56)23(15-47)46-32(57)26(37)17(3)48/h16-23,26,47-48H,4-15,35,37H2,1-3H3,(H2,36,49)(H,41,54)(H,42,56)(H,43,52)(H,44,55)(H,45,53)(H,46,57)(H,50,51)(H,58,59)(H4,38,39,40)/t17-,18+,19+,20+,21+,22+,23+,26+/m1/s1. The van der Waals surface area contributed by atoms with Crippen molar-refractivity contribution >= 4 is 59.2 Å². The first-order chi connectivity index (χ1) is 27.5. The Morgan fingerprint density at radius 2 is 1.07 bits per heavy atom. The highest BCUT2D eigenvalue weighted by molar-refractivity contribution is 5.98. The van der Waals surface area contributed by atoms with Crippen molar-refractivity contribution in [1.29, 1.82) is 0 Å². The molecule has 59 heavy (non-hydrogen) atoms. The molecule has 7 amide bonds. The average Bonchev–Trinajstić information content (AvgIpc) is 3.14. The number of carboxylic acid groups (broad SMARTS) is 2. The number of aliphatic hydroxyl groups is 2. The first-order valence-corrected chi connectivity index (χ1v) is 18.9. The molecule has 0 heterocycles. The summed E-state index contributed by atoms with van der Waals surface area (Å²) in [4.78, 5) is 119. The molecule has 0 aliphatic rings. The van der Waals surface area contributed by atoms with E-state index in [1.807, 2.05) is 0 Å². The van der Waals surface area contributed by atoms with Gasteiger partial charge in [0, 0.05) is 13.0 Å². The van der Waals surface area contributed by atoms with E-state index in [9.17, 15) is 63.6 Å². The first kappa shape index (κ1) is 53.3. The third-order valence-electron chi connectivity index (χ3n) is 8.44. The lowest BCUT2D eigenvalue weighted by atomic mass is 10.0. The Bertz CT molecular complexity index is 1480. The Morgan fingerprint density at radius 3 is 1.54 bits per heavy atom. The molecule has 0 rings (SSSR count). The minimum Gasteiger partial charge on any atom is -0.481 e. The van der Waals surface area contributed by atoms with E-state index in [0.29, 0.717) is 12.8 Å². The molecule has 0 aromatic carbocycles. The summed E-state index contributed by atoms with van der Waals surface area (Å²) in [5, 5.41) is 52.4. The lowest BCUT2D eigenvalue weighted by Crippen LogP contribution is -2.60. The van der Waals surface area contributed by atoms with E-state index < -0.39 is 128 Å². The van der Waals surface area contributed by atoms with Crippen molar-refractivity contribution in [3.63, 3.8) is 0 Å². The number of aliphatic hydroxyl groups excluding tert-OH is 2. The number of nitrogens with one attached hydrogen (secondary N) is 6. The molecule has 0 saturated heterocycles. The van der Waals surface area contributed by atoms with Crippen molar-refractivity contribution in [3.05, 3.63) is 0 Å². The van der Waals surface area contributed by atoms with Gasteiger partial charge in [0.25, 0.3) is 0 Å². The molecule has 0 saturated carbocycles. The zero-order valence-electron chi connectivity index (χ0n) is 33.5. The van der Waals surface area contributed by atoms with E-state index in [0.717, 1.165) is 0 Å². The zero-order valence-corrected chi connectivity index (χ0v) is 33.5. The maximum absolute atomic E-state index is 13.7. The van der Waals surface area contributed by atoms with E-state index in [4.69, 9.17) is 28.7 Å². The van der Waals surface area contributed by atoms with E-state index >= 15 is 0 Å². The van der Waals surface area contributed by atoms with Gasteiger partial charge < -0.3 is 81.0 Å². The number of aliphatic imine (C=N–C) groups is 1. The molecule has 0 spiro atoms. The number of hydrogen-bond donors (Lipinski definition) is 15. The van der Waals surface area contributed by atoms with Crippen molar-refractivity contribution in [2.24, 2.45) is 39.6 Å². The number of nitrogens with two attached hydrogens (primary N) is 5. The van der Waals surface area contributed by atoms with Crippen LogP contribution in [0.25, 0.3) is 0 Å². The van der Waals surface area contributed by atoms with Crippen LogP contribution >= 0.6 is 0 Å². The molecule has 0 fully saturated rings. The van der Waals surface area contributed by atoms with Crippen LogP contribution in [0.5, 0.6) is 0 Å². The van der Waals surface area contributed by atoms with Crippen molar-refractivity contribution in [3.8, 4) is 0 Å². The van der Waals surface area contributed by atoms with Gasteiger partial charge in [-0.05, 0) is 64.3 Å². The second-order valence-electron chi connectivity index (χ2n) is 14.1. The highest BCUT2D eigenvalue weighted by Gasteiger charge is 2.35. The molecule has 0 aliphatic heterocycles. The van der Waals surface area contributed by atoms with Crippen LogP contribution in [0.2, 0.25) is 0 Å². The number of amides is 7. The topological polar surface area (TPSA) is 449 Å². The number of guanidine groups is 1. The Balaban J connectivity index is 6.34. The number of rotatable bonds is 30. The SMILES string of the molecule is CC(C)C[C@H](NC(=O)[C@H](CC(=O)O)NC(=O)[C@H](CCC(N)=O)NC(=O)[C@H](CO)NC(=O)[C@@H](N)[C@@H](C)O)C(=O)N[C@@H](CCCCN)C(=O)N[C@@H](CCCN=C(N)N)C(=O)O. The lowest BCUT2D eigenvalue weighted by Gasteiger charge is -2.27. The summed E-state index contributed by atoms with van der Waals surface area (Å²) in [6.07, 6.45) is -2.51. The van der Waals surface area contributed by atoms with Gasteiger partial charge in [0.1, 0.15) is 42.3 Å². The largest absolute Gasteiger partial charge is 0.481 e. The van der Waals surface area contributed by atoms with E-state index in [1.165, 1.54) is 6.92 Å². The average molecular weight is 847 g/mol. The second-order valence-corrected chi connectivity index (χ2v) is 14.1. The molecule has 0 aliphatic carbocycles. The van der Waals surface area contributed by atoms with Crippen molar-refractivity contribution in [1.82, 2.24) is 31.9 Å². The fourth-order valence-corrected chi connectivity index (χ4v) is 5.21. The first-order valence-electron chi connectivity index (χ1n) is 18.9. The van der Waals surface area contributed by atoms with Crippen LogP contribution in [0, 0.1) is 5.92 Å². The van der Waals surface area contributed by atoms with Crippen LogP contribution < -0.4 is 60.6 Å². The summed E-state index contributed by atoms with van der Waals surface area (Å²) in [5.41, 5.74) is 26.9. The summed E-state index contributed by atoms with van der Waals surface area (Å²) < 4.78 is 0. The van der Waals surface area contributed by atoms with Gasteiger partial charge >= 0.3 is 11.9 Å². The predicted octanol–water partition coefficient (Wildman–Crippen LogP) is -6.35. The summed E-state index contributed by atoms with van der Waals surface area (Å²) in [6.45, 7) is 3.92. The van der Waals surface area contributed by atoms with Gasteiger partial charge in [0.2, 0.25) is 41.4 Å². The fraction of sp³-hybridized carbons (Fsp3) is 0.706. The summed E-state index contributed by atoms with van der Waals surface area (Å²) in [7, 11) is 0. The summed E-state index contributed by atoms with van der Waals surface area (Å²) >= 11 is 0. The van der Waals surface area contributed by atoms with Crippen LogP contribution in [0.4, 0.5) is 0 Å². The zero-order chi connectivity index (χ0) is 45.4. The molecule has 0 aromatic heterocycles. The Hall–Kier alpha value is -5.66. The molecule has 336 valence electrons. The Kier molecular flexibility index (Phi) is 25.2. The van der Waals surface area contributed by atoms with Gasteiger partial charge in [-0.2, -0.15) is 0 Å². The monoisotopic (exact) mass is 846 g/mol. The molecule has 0 unspecified atom stereocenters. The van der Waals surface area contributed by atoms with Crippen LogP contribution in [0.15, 0.2) is 4.99 Å². The van der Waals surface area contributed by atoms with Crippen LogP contribution in [-0.4, -0.2) is 148 Å². The van der Waals surface area contributed by atoms with Gasteiger partial charge in [-0.25, -0.2) is 4.79 Å². The van der Waals surface area contributed by atoms with Gasteiger partial charge in [0.05, 0.1) is 19.1 Å². The van der Waals surface area contributed by atoms with Crippen molar-refractivity contribution < 1.29 is 63.6 Å². The number of primary amides is 1. The highest BCUT2D eigenvalue weighted by atomic mass is 16.4. The van der Waals surface area contributed by atoms with E-state index in [-0.39, 0.29) is 50.7 Å². The van der Waals surface area contributed by atoms with E-state index in [1.54, 1.807) is 13.8 Å². The Labute approximate surface area is 340 Å². The van der Waals surface area contributed by atoms with Gasteiger partial charge in [-0.3, -0.25) is 43.3 Å². The number of hydrogen-bond acceptors (Lipinski definition) is 14. The fourth-order valence-electron chi connectivity index (χ4n) is 5.21. The molecule has 25 heteroatoms. The van der Waals surface area contributed by atoms with E-state index in [2.05, 4.69) is 36.9 Å². The molecule has 25 nitrogen and oxygen atoms in total. The maximum atomic E-state index is 13.7. The predicted molar refractivity (Wildman–Crippen MR) is 209 cm³/mol. The number of carboxylic acids is 2. The second kappa shape index (κ2) is 27.9. The molecule has 0 aromatic rings. The molecule has 20 N–H and O–H groups in total. The highest BCUT2D eigenvalue weighted by Crippen LogP contribution is 2.10. The smallest absolute Gasteiger partial charge is 0.326 e. The molecular weight excluding hydrogens is 784 g/mol. The van der Waals surface area contributed by atoms with Gasteiger partial charge in [0.15, 0.2) is 5.96 Å². The summed E-state index contributed by atoms with van der Waals surface area (Å²) in [6, 6.07) is -10.9. The minimum atomic E-state index is -1.90. The number of nitrogens with zero attached hydrogens (tertiary/aromatic N) is 1. The van der Waals surface area contributed by atoms with Crippen molar-refractivity contribution in [2.45, 2.75) is 127 Å². The number of carbonyl (C=O) groups is 9. The van der Waals surface area contributed by atoms with Gasteiger partial charge in [-0.15, -0.1) is 0 Å². The Morgan fingerprint density at radius 1 is 0.610 bits per heavy atom. The number of unbranched alkanes of at least 4 members (excludes halogenated alkanes) is 1. The minimum absolute atomic E-state index is 0.0156. The third kappa shape index (κ3) is 22.2. The van der Waals surface area contributed by atoms with Crippen LogP contribution in [0.1, 0.15) is 78.6 Å². The molecule has 0 radical (unpaired) electrons. The quantitative estimate of drug-likeness (QED) is 0.0182. The third-order valence-corrected chi connectivity index (χ3v) is 8.44.